The lowest BCUT2D eigenvalue weighted by atomic mass is 10.2. The van der Waals surface area contributed by atoms with Gasteiger partial charge in [-0.15, -0.1) is 0 Å². The maximum atomic E-state index is 12.2. The van der Waals surface area contributed by atoms with Gasteiger partial charge in [0.15, 0.2) is 0 Å². The highest BCUT2D eigenvalue weighted by atomic mass is 32.2. The zero-order chi connectivity index (χ0) is 16.2. The summed E-state index contributed by atoms with van der Waals surface area (Å²) in [6.45, 7) is 1.44. The fourth-order valence-corrected chi connectivity index (χ4v) is 2.62. The van der Waals surface area contributed by atoms with Crippen LogP contribution in [0.25, 0.3) is 0 Å². The van der Waals surface area contributed by atoms with E-state index in [4.69, 9.17) is 5.11 Å². The van der Waals surface area contributed by atoms with Crippen LogP contribution in [0.4, 0.5) is 0 Å². The second-order valence-corrected chi connectivity index (χ2v) is 6.68. The molecule has 1 aromatic carbocycles. The van der Waals surface area contributed by atoms with Gasteiger partial charge in [-0.3, -0.25) is 9.59 Å². The summed E-state index contributed by atoms with van der Waals surface area (Å²) in [6.07, 6.45) is 0. The molecule has 8 heteroatoms. The molecule has 0 heterocycles. The zero-order valence-electron chi connectivity index (χ0n) is 12.1. The summed E-state index contributed by atoms with van der Waals surface area (Å²) in [5, 5.41) is 8.77. The molecule has 0 radical (unpaired) electrons. The Balaban J connectivity index is 3.16. The number of nitrogens with zero attached hydrogens (tertiary/aromatic N) is 2. The van der Waals surface area contributed by atoms with E-state index in [1.54, 1.807) is 6.92 Å². The maximum absolute atomic E-state index is 12.2. The Labute approximate surface area is 123 Å². The third-order valence-electron chi connectivity index (χ3n) is 2.85. The SMILES string of the molecule is CCN(CC(=O)O)C(=O)c1cccc(S(=O)(=O)N(C)C)c1. The molecule has 7 nitrogen and oxygen atoms in total. The molecule has 0 bridgehead atoms. The Bertz CT molecular complexity index is 640. The number of rotatable bonds is 6. The number of aliphatic carboxylic acids is 1. The largest absolute Gasteiger partial charge is 0.480 e. The highest BCUT2D eigenvalue weighted by Gasteiger charge is 2.21. The molecule has 0 aliphatic carbocycles. The van der Waals surface area contributed by atoms with Crippen LogP contribution in [-0.2, 0) is 14.8 Å². The molecular formula is C13H18N2O5S. The van der Waals surface area contributed by atoms with E-state index in [1.165, 1.54) is 38.4 Å². The van der Waals surface area contributed by atoms with E-state index in [0.29, 0.717) is 0 Å². The predicted octanol–water partition coefficient (Wildman–Crippen LogP) is 0.484. The van der Waals surface area contributed by atoms with E-state index in [0.717, 1.165) is 9.21 Å². The van der Waals surface area contributed by atoms with E-state index in [2.05, 4.69) is 0 Å². The van der Waals surface area contributed by atoms with Gasteiger partial charge in [-0.2, -0.15) is 0 Å². The number of hydrogen-bond acceptors (Lipinski definition) is 4. The molecule has 0 saturated carbocycles. The van der Waals surface area contributed by atoms with Gasteiger partial charge in [-0.05, 0) is 25.1 Å². The number of carbonyl (C=O) groups excluding carboxylic acids is 1. The lowest BCUT2D eigenvalue weighted by Crippen LogP contribution is -2.35. The van der Waals surface area contributed by atoms with Crippen LogP contribution in [0, 0.1) is 0 Å². The van der Waals surface area contributed by atoms with Crippen molar-refractivity contribution < 1.29 is 23.1 Å². The van der Waals surface area contributed by atoms with Crippen LogP contribution in [0.2, 0.25) is 0 Å². The van der Waals surface area contributed by atoms with Crippen molar-refractivity contribution in [2.24, 2.45) is 0 Å². The van der Waals surface area contributed by atoms with Crippen molar-refractivity contribution in [3.63, 3.8) is 0 Å². The monoisotopic (exact) mass is 314 g/mol. The van der Waals surface area contributed by atoms with Crippen LogP contribution in [-0.4, -0.2) is 61.8 Å². The van der Waals surface area contributed by atoms with Crippen LogP contribution in [0.3, 0.4) is 0 Å². The molecule has 1 amide bonds. The number of sulfonamides is 1. The zero-order valence-corrected chi connectivity index (χ0v) is 12.9. The standard InChI is InChI=1S/C13H18N2O5S/c1-4-15(9-12(16)17)13(18)10-6-5-7-11(8-10)21(19,20)14(2)3/h5-8H,4,9H2,1-3H3,(H,16,17). The van der Waals surface area contributed by atoms with Crippen LogP contribution < -0.4 is 0 Å². The topological polar surface area (TPSA) is 95.0 Å². The Morgan fingerprint density at radius 2 is 1.86 bits per heavy atom. The van der Waals surface area contributed by atoms with Gasteiger partial charge in [0.05, 0.1) is 4.90 Å². The van der Waals surface area contributed by atoms with E-state index in [-0.39, 0.29) is 17.0 Å². The quantitative estimate of drug-likeness (QED) is 0.824. The van der Waals surface area contributed by atoms with Gasteiger partial charge in [-0.25, -0.2) is 12.7 Å². The summed E-state index contributed by atoms with van der Waals surface area (Å²) in [7, 11) is -0.851. The molecular weight excluding hydrogens is 296 g/mol. The number of carboxylic acids is 1. The van der Waals surface area contributed by atoms with Crippen molar-refractivity contribution in [1.82, 2.24) is 9.21 Å². The summed E-state index contributed by atoms with van der Waals surface area (Å²) in [4.78, 5) is 24.1. The fourth-order valence-electron chi connectivity index (χ4n) is 1.67. The second kappa shape index (κ2) is 6.68. The average molecular weight is 314 g/mol. The minimum atomic E-state index is -3.64. The smallest absolute Gasteiger partial charge is 0.323 e. The molecule has 0 aromatic heterocycles. The molecule has 116 valence electrons. The molecule has 0 aliphatic heterocycles. The summed E-state index contributed by atoms with van der Waals surface area (Å²) < 4.78 is 25.1. The minimum absolute atomic E-state index is 0.00951. The molecule has 0 aliphatic rings. The number of hydrogen-bond donors (Lipinski definition) is 1. The molecule has 1 aromatic rings. The minimum Gasteiger partial charge on any atom is -0.480 e. The Kier molecular flexibility index (Phi) is 5.45. The molecule has 0 atom stereocenters. The maximum Gasteiger partial charge on any atom is 0.323 e. The first kappa shape index (κ1) is 17.1. The lowest BCUT2D eigenvalue weighted by Gasteiger charge is -2.19. The number of amides is 1. The van der Waals surface area contributed by atoms with Crippen LogP contribution in [0.1, 0.15) is 17.3 Å². The highest BCUT2D eigenvalue weighted by Crippen LogP contribution is 2.16. The number of carboxylic acid groups (broad SMARTS) is 1. The molecule has 0 spiro atoms. The predicted molar refractivity (Wildman–Crippen MR) is 76.5 cm³/mol. The van der Waals surface area contributed by atoms with Crippen molar-refractivity contribution in [2.75, 3.05) is 27.2 Å². The van der Waals surface area contributed by atoms with Gasteiger partial charge in [0.2, 0.25) is 10.0 Å². The first-order chi connectivity index (χ1) is 9.70. The van der Waals surface area contributed by atoms with Gasteiger partial charge in [-0.1, -0.05) is 6.07 Å². The van der Waals surface area contributed by atoms with Crippen molar-refractivity contribution >= 4 is 21.9 Å². The fraction of sp³-hybridized carbons (Fsp3) is 0.385. The van der Waals surface area contributed by atoms with Crippen molar-refractivity contribution in [3.05, 3.63) is 29.8 Å². The highest BCUT2D eigenvalue weighted by molar-refractivity contribution is 7.89. The van der Waals surface area contributed by atoms with Crippen LogP contribution in [0.15, 0.2) is 29.2 Å². The number of carbonyl (C=O) groups is 2. The summed E-state index contributed by atoms with van der Waals surface area (Å²) in [6, 6.07) is 5.56. The second-order valence-electron chi connectivity index (χ2n) is 4.53. The van der Waals surface area contributed by atoms with Crippen LogP contribution in [0.5, 0.6) is 0 Å². The number of benzene rings is 1. The Hall–Kier alpha value is -1.93. The third-order valence-corrected chi connectivity index (χ3v) is 4.67. The van der Waals surface area contributed by atoms with Gasteiger partial charge >= 0.3 is 5.97 Å². The van der Waals surface area contributed by atoms with E-state index < -0.39 is 28.4 Å². The van der Waals surface area contributed by atoms with Gasteiger partial charge < -0.3 is 10.0 Å². The van der Waals surface area contributed by atoms with E-state index >= 15 is 0 Å². The van der Waals surface area contributed by atoms with Gasteiger partial charge in [0.25, 0.3) is 5.91 Å². The van der Waals surface area contributed by atoms with Crippen molar-refractivity contribution in [3.8, 4) is 0 Å². The molecule has 21 heavy (non-hydrogen) atoms. The van der Waals surface area contributed by atoms with Gasteiger partial charge in [0, 0.05) is 26.2 Å². The van der Waals surface area contributed by atoms with Crippen molar-refractivity contribution in [2.45, 2.75) is 11.8 Å². The molecule has 1 N–H and O–H groups in total. The normalized spacial score (nSPS) is 11.4. The molecule has 0 fully saturated rings. The molecule has 1 rings (SSSR count). The summed E-state index contributed by atoms with van der Waals surface area (Å²) in [5.74, 6) is -1.64. The summed E-state index contributed by atoms with van der Waals surface area (Å²) >= 11 is 0. The number of likely N-dealkylation sites (N-methyl/N-ethyl adjacent to an activating group) is 1. The van der Waals surface area contributed by atoms with E-state index in [1.807, 2.05) is 0 Å². The average Bonchev–Trinajstić information content (AvgIpc) is 2.43. The van der Waals surface area contributed by atoms with Gasteiger partial charge in [0.1, 0.15) is 6.54 Å². The third kappa shape index (κ3) is 4.02. The first-order valence-electron chi connectivity index (χ1n) is 6.23. The molecule has 0 unspecified atom stereocenters. The van der Waals surface area contributed by atoms with Crippen molar-refractivity contribution in [1.29, 1.82) is 0 Å². The van der Waals surface area contributed by atoms with E-state index in [9.17, 15) is 18.0 Å². The Morgan fingerprint density at radius 3 is 2.33 bits per heavy atom. The summed E-state index contributed by atoms with van der Waals surface area (Å²) in [5.41, 5.74) is 0.140. The molecule has 0 saturated heterocycles. The van der Waals surface area contributed by atoms with Crippen LogP contribution >= 0.6 is 0 Å². The lowest BCUT2D eigenvalue weighted by molar-refractivity contribution is -0.137. The Morgan fingerprint density at radius 1 is 1.24 bits per heavy atom. The first-order valence-corrected chi connectivity index (χ1v) is 7.67.